The number of thiazole rings is 1. The van der Waals surface area contributed by atoms with Crippen molar-refractivity contribution in [2.45, 2.75) is 13.5 Å². The number of aromatic nitrogens is 1. The Bertz CT molecular complexity index is 597. The van der Waals surface area contributed by atoms with Crippen molar-refractivity contribution in [3.63, 3.8) is 0 Å². The zero-order valence-corrected chi connectivity index (χ0v) is 12.0. The highest BCUT2D eigenvalue weighted by atomic mass is 35.5. The van der Waals surface area contributed by atoms with E-state index in [0.29, 0.717) is 17.4 Å². The number of halogens is 1. The van der Waals surface area contributed by atoms with E-state index in [0.717, 1.165) is 10.6 Å². The largest absolute Gasteiger partial charge is 0.422 e. The van der Waals surface area contributed by atoms with E-state index < -0.39 is 5.97 Å². The Kier molecular flexibility index (Phi) is 4.52. The molecule has 1 aromatic heterocycles. The normalized spacial score (nSPS) is 10.5. The first-order chi connectivity index (χ1) is 9.10. The van der Waals surface area contributed by atoms with Gasteiger partial charge in [-0.1, -0.05) is 11.6 Å². The van der Waals surface area contributed by atoms with E-state index in [-0.39, 0.29) is 5.69 Å². The summed E-state index contributed by atoms with van der Waals surface area (Å²) in [6, 6.07) is 5.08. The van der Waals surface area contributed by atoms with Crippen LogP contribution in [0.4, 0.5) is 0 Å². The van der Waals surface area contributed by atoms with Crippen molar-refractivity contribution in [3.8, 4) is 5.75 Å². The second-order valence-electron chi connectivity index (χ2n) is 3.86. The van der Waals surface area contributed by atoms with Crippen LogP contribution in [-0.2, 0) is 11.3 Å². The fraction of sp³-hybridized carbons (Fsp3) is 0.231. The molecule has 2 rings (SSSR count). The number of ether oxygens (including phenoxy) is 2. The summed E-state index contributed by atoms with van der Waals surface area (Å²) >= 11 is 7.21. The number of methoxy groups -OCH3 is 1. The fourth-order valence-electron chi connectivity index (χ4n) is 1.47. The van der Waals surface area contributed by atoms with Crippen molar-refractivity contribution in [1.82, 2.24) is 4.98 Å². The van der Waals surface area contributed by atoms with Gasteiger partial charge in [-0.3, -0.25) is 0 Å². The lowest BCUT2D eigenvalue weighted by atomic mass is 10.2. The highest BCUT2D eigenvalue weighted by Crippen LogP contribution is 2.23. The third-order valence-electron chi connectivity index (χ3n) is 2.37. The highest BCUT2D eigenvalue weighted by Gasteiger charge is 2.14. The van der Waals surface area contributed by atoms with Gasteiger partial charge in [-0.2, -0.15) is 0 Å². The van der Waals surface area contributed by atoms with Gasteiger partial charge in [0.1, 0.15) is 10.8 Å². The Hall–Kier alpha value is -1.43. The van der Waals surface area contributed by atoms with Gasteiger partial charge < -0.3 is 9.47 Å². The third-order valence-corrected chi connectivity index (χ3v) is 3.43. The first-order valence-electron chi connectivity index (χ1n) is 5.52. The molecule has 6 heteroatoms. The number of hydrogen-bond donors (Lipinski definition) is 0. The van der Waals surface area contributed by atoms with E-state index in [1.165, 1.54) is 11.3 Å². The number of benzene rings is 1. The Balaban J connectivity index is 2.11. The Morgan fingerprint density at radius 3 is 2.95 bits per heavy atom. The number of carbonyl (C=O) groups is 1. The summed E-state index contributed by atoms with van der Waals surface area (Å²) < 4.78 is 10.2. The lowest BCUT2D eigenvalue weighted by Gasteiger charge is -2.05. The summed E-state index contributed by atoms with van der Waals surface area (Å²) in [6.07, 6.45) is 0. The number of rotatable bonds is 4. The van der Waals surface area contributed by atoms with Gasteiger partial charge in [-0.15, -0.1) is 11.3 Å². The molecule has 0 aliphatic carbocycles. The first-order valence-corrected chi connectivity index (χ1v) is 6.77. The average molecular weight is 298 g/mol. The van der Waals surface area contributed by atoms with Gasteiger partial charge in [0.2, 0.25) is 0 Å². The smallest absolute Gasteiger partial charge is 0.363 e. The van der Waals surface area contributed by atoms with Gasteiger partial charge in [0, 0.05) is 17.5 Å². The van der Waals surface area contributed by atoms with Gasteiger partial charge >= 0.3 is 5.97 Å². The quantitative estimate of drug-likeness (QED) is 0.640. The summed E-state index contributed by atoms with van der Waals surface area (Å²) in [5, 5.41) is 3.00. The summed E-state index contributed by atoms with van der Waals surface area (Å²) in [4.78, 5) is 16.1. The Labute approximate surface area is 120 Å². The number of hydrogen-bond acceptors (Lipinski definition) is 5. The van der Waals surface area contributed by atoms with Gasteiger partial charge in [-0.05, 0) is 30.7 Å². The van der Waals surface area contributed by atoms with Gasteiger partial charge in [0.15, 0.2) is 5.69 Å². The molecule has 0 atom stereocenters. The van der Waals surface area contributed by atoms with Crippen molar-refractivity contribution in [1.29, 1.82) is 0 Å². The maximum absolute atomic E-state index is 11.9. The van der Waals surface area contributed by atoms with Crippen LogP contribution in [0.1, 0.15) is 21.1 Å². The number of nitrogens with zero attached hydrogens (tertiary/aromatic N) is 1. The second kappa shape index (κ2) is 6.14. The van der Waals surface area contributed by atoms with E-state index >= 15 is 0 Å². The molecule has 0 amide bonds. The van der Waals surface area contributed by atoms with Crippen LogP contribution in [0, 0.1) is 6.92 Å². The van der Waals surface area contributed by atoms with Crippen LogP contribution < -0.4 is 4.74 Å². The minimum absolute atomic E-state index is 0.284. The van der Waals surface area contributed by atoms with Crippen molar-refractivity contribution in [2.75, 3.05) is 7.11 Å². The standard InChI is InChI=1S/C13H12ClNO3S/c1-8-5-9(14)3-4-11(8)18-13(16)10-7-19-12(15-10)6-17-2/h3-5,7H,6H2,1-2H3. The lowest BCUT2D eigenvalue weighted by Crippen LogP contribution is -2.10. The summed E-state index contributed by atoms with van der Waals surface area (Å²) in [5.74, 6) is -0.000262. The monoisotopic (exact) mass is 297 g/mol. The summed E-state index contributed by atoms with van der Waals surface area (Å²) in [7, 11) is 1.58. The molecule has 0 saturated carbocycles. The molecular formula is C13H12ClNO3S. The summed E-state index contributed by atoms with van der Waals surface area (Å²) in [6.45, 7) is 2.21. The van der Waals surface area contributed by atoms with Crippen LogP contribution in [0.2, 0.25) is 5.02 Å². The van der Waals surface area contributed by atoms with Crippen molar-refractivity contribution < 1.29 is 14.3 Å². The highest BCUT2D eigenvalue weighted by molar-refractivity contribution is 7.09. The minimum Gasteiger partial charge on any atom is -0.422 e. The molecule has 0 aliphatic heterocycles. The molecule has 100 valence electrons. The zero-order valence-electron chi connectivity index (χ0n) is 10.5. The van der Waals surface area contributed by atoms with Crippen molar-refractivity contribution in [3.05, 3.63) is 44.9 Å². The summed E-state index contributed by atoms with van der Waals surface area (Å²) in [5.41, 5.74) is 1.08. The fourth-order valence-corrected chi connectivity index (χ4v) is 2.43. The molecule has 0 radical (unpaired) electrons. The Morgan fingerprint density at radius 2 is 2.26 bits per heavy atom. The molecule has 0 unspecified atom stereocenters. The molecule has 1 aromatic carbocycles. The van der Waals surface area contributed by atoms with E-state index in [4.69, 9.17) is 21.1 Å². The minimum atomic E-state index is -0.482. The van der Waals surface area contributed by atoms with Crippen molar-refractivity contribution in [2.24, 2.45) is 0 Å². The second-order valence-corrected chi connectivity index (χ2v) is 5.24. The topological polar surface area (TPSA) is 48.4 Å². The lowest BCUT2D eigenvalue weighted by molar-refractivity contribution is 0.0727. The molecule has 19 heavy (non-hydrogen) atoms. The number of aryl methyl sites for hydroxylation is 1. The molecule has 0 saturated heterocycles. The molecule has 0 N–H and O–H groups in total. The van der Waals surface area contributed by atoms with E-state index in [1.54, 1.807) is 30.7 Å². The molecule has 0 bridgehead atoms. The maximum Gasteiger partial charge on any atom is 0.363 e. The maximum atomic E-state index is 11.9. The predicted octanol–water partition coefficient (Wildman–Crippen LogP) is 3.47. The van der Waals surface area contributed by atoms with Crippen LogP contribution in [-0.4, -0.2) is 18.1 Å². The van der Waals surface area contributed by atoms with Crippen LogP contribution in [0.5, 0.6) is 5.75 Å². The van der Waals surface area contributed by atoms with Gasteiger partial charge in [0.25, 0.3) is 0 Å². The number of esters is 1. The zero-order chi connectivity index (χ0) is 13.8. The molecule has 0 fully saturated rings. The predicted molar refractivity (Wildman–Crippen MR) is 74.0 cm³/mol. The van der Waals surface area contributed by atoms with E-state index in [1.807, 2.05) is 6.92 Å². The van der Waals surface area contributed by atoms with Crippen LogP contribution in [0.3, 0.4) is 0 Å². The number of carbonyl (C=O) groups excluding carboxylic acids is 1. The van der Waals surface area contributed by atoms with Crippen LogP contribution in [0.15, 0.2) is 23.6 Å². The van der Waals surface area contributed by atoms with Crippen LogP contribution >= 0.6 is 22.9 Å². The Morgan fingerprint density at radius 1 is 1.47 bits per heavy atom. The molecular weight excluding hydrogens is 286 g/mol. The first kappa shape index (κ1) is 14.0. The average Bonchev–Trinajstić information content (AvgIpc) is 2.82. The van der Waals surface area contributed by atoms with Crippen LogP contribution in [0.25, 0.3) is 0 Å². The molecule has 0 spiro atoms. The molecule has 0 aliphatic rings. The SMILES string of the molecule is COCc1nc(C(=O)Oc2ccc(Cl)cc2C)cs1. The van der Waals surface area contributed by atoms with Gasteiger partial charge in [-0.25, -0.2) is 9.78 Å². The third kappa shape index (κ3) is 3.53. The van der Waals surface area contributed by atoms with E-state index in [9.17, 15) is 4.79 Å². The van der Waals surface area contributed by atoms with Gasteiger partial charge in [0.05, 0.1) is 6.61 Å². The van der Waals surface area contributed by atoms with Crippen molar-refractivity contribution >= 4 is 28.9 Å². The van der Waals surface area contributed by atoms with E-state index in [2.05, 4.69) is 4.98 Å². The molecule has 1 heterocycles. The molecule has 2 aromatic rings. The molecule has 4 nitrogen and oxygen atoms in total.